The zero-order valence-corrected chi connectivity index (χ0v) is 11.2. The molecular formula is C14H15ClN2O2. The summed E-state index contributed by atoms with van der Waals surface area (Å²) in [6.07, 6.45) is 3.90. The lowest BCUT2D eigenvalue weighted by Crippen LogP contribution is -2.36. The van der Waals surface area contributed by atoms with Crippen molar-refractivity contribution in [3.8, 4) is 0 Å². The van der Waals surface area contributed by atoms with E-state index >= 15 is 0 Å². The van der Waals surface area contributed by atoms with E-state index in [0.717, 1.165) is 48.3 Å². The summed E-state index contributed by atoms with van der Waals surface area (Å²) in [5.41, 5.74) is 4.96. The first-order valence-electron chi connectivity index (χ1n) is 6.26. The van der Waals surface area contributed by atoms with Crippen LogP contribution in [-0.2, 0) is 9.57 Å². The molecule has 0 bridgehead atoms. The summed E-state index contributed by atoms with van der Waals surface area (Å²) in [4.78, 5) is 7.73. The van der Waals surface area contributed by atoms with Crippen molar-refractivity contribution in [1.29, 1.82) is 0 Å². The van der Waals surface area contributed by atoms with Gasteiger partial charge in [0.1, 0.15) is 0 Å². The smallest absolute Gasteiger partial charge is 0.164 e. The number of nitrogens with one attached hydrogen (secondary N) is 1. The quantitative estimate of drug-likeness (QED) is 0.901. The molecule has 0 unspecified atom stereocenters. The van der Waals surface area contributed by atoms with Crippen LogP contribution in [0.2, 0.25) is 5.02 Å². The largest absolute Gasteiger partial charge is 0.382 e. The minimum absolute atomic E-state index is 0.720. The molecule has 0 amide bonds. The summed E-state index contributed by atoms with van der Waals surface area (Å²) in [6.45, 7) is 3.33. The van der Waals surface area contributed by atoms with E-state index in [1.165, 1.54) is 0 Å². The van der Waals surface area contributed by atoms with Crippen molar-refractivity contribution in [2.24, 2.45) is 0 Å². The van der Waals surface area contributed by atoms with E-state index in [0.29, 0.717) is 0 Å². The normalized spacial score (nSPS) is 19.1. The van der Waals surface area contributed by atoms with E-state index < -0.39 is 0 Å². The van der Waals surface area contributed by atoms with E-state index in [1.807, 2.05) is 36.5 Å². The number of nitrogens with zero attached hydrogens (tertiary/aromatic N) is 1. The number of hydrogen-bond acceptors (Lipinski definition) is 4. The Kier molecular flexibility index (Phi) is 3.62. The van der Waals surface area contributed by atoms with Crippen LogP contribution < -0.4 is 5.48 Å². The van der Waals surface area contributed by atoms with E-state index in [9.17, 15) is 0 Å². The van der Waals surface area contributed by atoms with Gasteiger partial charge in [0.15, 0.2) is 5.76 Å². The number of rotatable bonds is 2. The average molecular weight is 279 g/mol. The molecule has 2 heterocycles. The Labute approximate surface area is 117 Å². The van der Waals surface area contributed by atoms with E-state index in [4.69, 9.17) is 21.2 Å². The summed E-state index contributed by atoms with van der Waals surface area (Å²) in [6, 6.07) is 7.60. The summed E-state index contributed by atoms with van der Waals surface area (Å²) in [5, 5.41) is 0.720. The van der Waals surface area contributed by atoms with Crippen molar-refractivity contribution in [2.75, 3.05) is 26.3 Å². The second-order valence-electron chi connectivity index (χ2n) is 4.40. The summed E-state index contributed by atoms with van der Waals surface area (Å²) in [7, 11) is 0. The number of hydroxylamine groups is 1. The number of ether oxygens (including phenoxy) is 1. The predicted octanol–water partition coefficient (Wildman–Crippen LogP) is 2.39. The van der Waals surface area contributed by atoms with Crippen LogP contribution in [0.1, 0.15) is 5.56 Å². The van der Waals surface area contributed by atoms with Crippen LogP contribution in [0.4, 0.5) is 0 Å². The highest BCUT2D eigenvalue weighted by molar-refractivity contribution is 6.30. The molecule has 1 N–H and O–H groups in total. The molecule has 5 heteroatoms. The number of benzene rings is 1. The molecule has 1 aromatic carbocycles. The molecule has 0 saturated carbocycles. The molecule has 0 spiro atoms. The third-order valence-electron chi connectivity index (χ3n) is 3.16. The summed E-state index contributed by atoms with van der Waals surface area (Å²) < 4.78 is 5.36. The van der Waals surface area contributed by atoms with Crippen molar-refractivity contribution >= 4 is 17.4 Å². The molecule has 1 saturated heterocycles. The molecule has 0 atom stereocenters. The Morgan fingerprint density at radius 2 is 1.84 bits per heavy atom. The van der Waals surface area contributed by atoms with E-state index in [1.54, 1.807) is 0 Å². The first kappa shape index (κ1) is 12.4. The van der Waals surface area contributed by atoms with Gasteiger partial charge in [-0.3, -0.25) is 0 Å². The predicted molar refractivity (Wildman–Crippen MR) is 74.1 cm³/mol. The van der Waals surface area contributed by atoms with Gasteiger partial charge in [-0.1, -0.05) is 11.6 Å². The Morgan fingerprint density at radius 3 is 2.58 bits per heavy atom. The van der Waals surface area contributed by atoms with Crippen LogP contribution in [0.25, 0.3) is 5.76 Å². The fourth-order valence-corrected chi connectivity index (χ4v) is 2.25. The molecule has 19 heavy (non-hydrogen) atoms. The van der Waals surface area contributed by atoms with Crippen molar-refractivity contribution in [3.63, 3.8) is 0 Å². The molecule has 0 radical (unpaired) electrons. The molecule has 1 aromatic rings. The fourth-order valence-electron chi connectivity index (χ4n) is 2.12. The van der Waals surface area contributed by atoms with Crippen LogP contribution >= 0.6 is 11.6 Å². The highest BCUT2D eigenvalue weighted by atomic mass is 35.5. The summed E-state index contributed by atoms with van der Waals surface area (Å²) >= 11 is 5.89. The maximum absolute atomic E-state index is 5.89. The summed E-state index contributed by atoms with van der Waals surface area (Å²) in [5.74, 6) is 0.792. The molecule has 2 aliphatic heterocycles. The van der Waals surface area contributed by atoms with Gasteiger partial charge in [-0.05, 0) is 24.3 Å². The number of hydrogen-bond donors (Lipinski definition) is 1. The van der Waals surface area contributed by atoms with Crippen molar-refractivity contribution in [1.82, 2.24) is 10.4 Å². The SMILES string of the molecule is Clc1ccc(C2=CC(N3CCOCC3)=CNO2)cc1. The van der Waals surface area contributed by atoms with Crippen LogP contribution in [0.15, 0.2) is 42.2 Å². The second kappa shape index (κ2) is 5.55. The highest BCUT2D eigenvalue weighted by Gasteiger charge is 2.16. The molecule has 0 aliphatic carbocycles. The van der Waals surface area contributed by atoms with Crippen LogP contribution in [0, 0.1) is 0 Å². The van der Waals surface area contributed by atoms with Gasteiger partial charge in [0.05, 0.1) is 25.1 Å². The molecule has 4 nitrogen and oxygen atoms in total. The fraction of sp³-hybridized carbons (Fsp3) is 0.286. The topological polar surface area (TPSA) is 33.7 Å². The molecule has 100 valence electrons. The third-order valence-corrected chi connectivity index (χ3v) is 3.41. The van der Waals surface area contributed by atoms with Crippen LogP contribution in [-0.4, -0.2) is 31.2 Å². The Morgan fingerprint density at radius 1 is 1.11 bits per heavy atom. The Hall–Kier alpha value is -1.65. The average Bonchev–Trinajstić information content (AvgIpc) is 2.49. The van der Waals surface area contributed by atoms with E-state index in [-0.39, 0.29) is 0 Å². The molecule has 1 fully saturated rings. The maximum atomic E-state index is 5.89. The first-order chi connectivity index (χ1) is 9.33. The Balaban J connectivity index is 1.80. The minimum Gasteiger partial charge on any atom is -0.382 e. The van der Waals surface area contributed by atoms with Gasteiger partial charge in [-0.2, -0.15) is 0 Å². The third kappa shape index (κ3) is 2.85. The number of halogens is 1. The van der Waals surface area contributed by atoms with Gasteiger partial charge in [-0.15, -0.1) is 0 Å². The first-order valence-corrected chi connectivity index (χ1v) is 6.63. The van der Waals surface area contributed by atoms with Gasteiger partial charge >= 0.3 is 0 Å². The molecule has 2 aliphatic rings. The minimum atomic E-state index is 0.720. The van der Waals surface area contributed by atoms with E-state index in [2.05, 4.69) is 10.4 Å². The molecule has 0 aromatic heterocycles. The molecule has 3 rings (SSSR count). The second-order valence-corrected chi connectivity index (χ2v) is 4.84. The molecular weight excluding hydrogens is 264 g/mol. The van der Waals surface area contributed by atoms with Gasteiger partial charge in [-0.25, -0.2) is 5.48 Å². The van der Waals surface area contributed by atoms with Crippen molar-refractivity contribution in [3.05, 3.63) is 52.8 Å². The Bertz CT molecular complexity index is 505. The zero-order chi connectivity index (χ0) is 13.1. The van der Waals surface area contributed by atoms with Crippen LogP contribution in [0.3, 0.4) is 0 Å². The van der Waals surface area contributed by atoms with Gasteiger partial charge in [0, 0.05) is 29.8 Å². The van der Waals surface area contributed by atoms with Crippen LogP contribution in [0.5, 0.6) is 0 Å². The lowest BCUT2D eigenvalue weighted by molar-refractivity contribution is 0.0533. The van der Waals surface area contributed by atoms with Crippen molar-refractivity contribution in [2.45, 2.75) is 0 Å². The van der Waals surface area contributed by atoms with Crippen molar-refractivity contribution < 1.29 is 9.57 Å². The standard InChI is InChI=1S/C14H15ClN2O2/c15-12-3-1-11(2-4-12)14-9-13(10-16-19-14)17-5-7-18-8-6-17/h1-4,9-10,16H,5-8H2. The monoisotopic (exact) mass is 278 g/mol. The lowest BCUT2D eigenvalue weighted by atomic mass is 10.1. The van der Waals surface area contributed by atoms with Gasteiger partial charge in [0.25, 0.3) is 0 Å². The van der Waals surface area contributed by atoms with Gasteiger partial charge in [0.2, 0.25) is 0 Å². The lowest BCUT2D eigenvalue weighted by Gasteiger charge is -2.31. The highest BCUT2D eigenvalue weighted by Crippen LogP contribution is 2.23. The maximum Gasteiger partial charge on any atom is 0.164 e. The number of morpholine rings is 1. The van der Waals surface area contributed by atoms with Gasteiger partial charge < -0.3 is 14.5 Å². The zero-order valence-electron chi connectivity index (χ0n) is 10.4. The number of allylic oxidation sites excluding steroid dienone is 1.